The monoisotopic (exact) mass is 758 g/mol. The Labute approximate surface area is 324 Å². The van der Waals surface area contributed by atoms with Gasteiger partial charge in [0.05, 0.1) is 14.2 Å². The summed E-state index contributed by atoms with van der Waals surface area (Å²) in [7, 11) is -1.38. The first-order valence-corrected chi connectivity index (χ1v) is 23.6. The van der Waals surface area contributed by atoms with Crippen molar-refractivity contribution in [2.75, 3.05) is 27.2 Å². The third-order valence-corrected chi connectivity index (χ3v) is 11.2. The smallest absolute Gasteiger partial charge is 0.248 e. The Morgan fingerprint density at radius 2 is 0.962 bits per heavy atom. The highest BCUT2D eigenvalue weighted by atomic mass is 32.3. The number of hydrogen-bond acceptors (Lipinski definition) is 6. The topological polar surface area (TPSA) is 102 Å². The van der Waals surface area contributed by atoms with Crippen LogP contribution in [0.3, 0.4) is 0 Å². The van der Waals surface area contributed by atoms with Crippen LogP contribution in [0, 0.1) is 0 Å². The van der Waals surface area contributed by atoms with Gasteiger partial charge in [-0.3, -0.25) is 13.6 Å². The van der Waals surface area contributed by atoms with Crippen molar-refractivity contribution in [1.29, 1.82) is 0 Å². The molecule has 0 aromatic rings. The van der Waals surface area contributed by atoms with Gasteiger partial charge in [0.15, 0.2) is 6.17 Å². The van der Waals surface area contributed by atoms with Crippen molar-refractivity contribution in [2.24, 2.45) is 0 Å². The van der Waals surface area contributed by atoms with Crippen molar-refractivity contribution in [3.63, 3.8) is 0 Å². The summed E-state index contributed by atoms with van der Waals surface area (Å²) in [6.07, 6.45) is 45.0. The van der Waals surface area contributed by atoms with Gasteiger partial charge in [0, 0.05) is 12.8 Å². The summed E-state index contributed by atoms with van der Waals surface area (Å²) in [5.74, 6) is 1.67. The molecule has 1 N–H and O–H groups in total. The van der Waals surface area contributed by atoms with Gasteiger partial charge in [-0.15, -0.1) is 0 Å². The lowest BCUT2D eigenvalue weighted by molar-refractivity contribution is -0.487. The van der Waals surface area contributed by atoms with E-state index in [-0.39, 0.29) is 12.1 Å². The van der Waals surface area contributed by atoms with Crippen LogP contribution in [0.15, 0.2) is 0 Å². The number of likely N-dealkylation sites (N-methyl/N-ethyl adjacent to an activating group) is 1. The van der Waals surface area contributed by atoms with Crippen molar-refractivity contribution in [3.05, 3.63) is 0 Å². The third kappa shape index (κ3) is 33.4. The summed E-state index contributed by atoms with van der Waals surface area (Å²) in [5, 5.41) is 3.32. The SMILES string of the molecule is CCCCCCCCCCCCCCCCCCC1=[N+](C)CCN1C(C)NC(=O)CCCCCCCCCCCCCCCCC.COS(=O)(=O)[O-]. The molecule has 1 aliphatic rings. The molecule has 0 spiro atoms. The van der Waals surface area contributed by atoms with Crippen LogP contribution in [0.2, 0.25) is 0 Å². The van der Waals surface area contributed by atoms with Crippen LogP contribution in [0.5, 0.6) is 0 Å². The van der Waals surface area contributed by atoms with Gasteiger partial charge in [-0.05, 0) is 19.8 Å². The summed E-state index contributed by atoms with van der Waals surface area (Å²) in [5.41, 5.74) is 0. The van der Waals surface area contributed by atoms with Crippen LogP contribution in [0.1, 0.15) is 233 Å². The Morgan fingerprint density at radius 3 is 1.29 bits per heavy atom. The fourth-order valence-electron chi connectivity index (χ4n) is 7.36. The summed E-state index contributed by atoms with van der Waals surface area (Å²) >= 11 is 0. The normalized spacial score (nSPS) is 13.8. The number of carbonyl (C=O) groups excluding carboxylic acids is 1. The Balaban J connectivity index is 0.00000397. The fraction of sp³-hybridized carbons (Fsp3) is 0.953. The first-order chi connectivity index (χ1) is 25.2. The lowest BCUT2D eigenvalue weighted by Gasteiger charge is -2.22. The van der Waals surface area contributed by atoms with Crippen molar-refractivity contribution in [3.8, 4) is 0 Å². The van der Waals surface area contributed by atoms with E-state index in [9.17, 15) is 17.8 Å². The number of amides is 1. The standard InChI is InChI=1S/C42H83N3O.CH4O4S/c1-5-7-9-11-13-15-17-19-21-23-25-27-29-31-33-35-37-42-44(4)38-39-45(42)40(3)43-41(46)36-34-32-30-28-26-24-22-20-18-16-14-12-10-8-6-2;1-5-6(2,3)4/h40H,5-39H2,1-4H3;1H3,(H,2,3,4). The molecule has 52 heavy (non-hydrogen) atoms. The number of rotatable bonds is 36. The van der Waals surface area contributed by atoms with Crippen LogP contribution in [0.4, 0.5) is 0 Å². The molecular weight excluding hydrogens is 671 g/mol. The van der Waals surface area contributed by atoms with Gasteiger partial charge in [-0.25, -0.2) is 13.3 Å². The third-order valence-electron chi connectivity index (χ3n) is 10.8. The van der Waals surface area contributed by atoms with Gasteiger partial charge in [-0.2, -0.15) is 0 Å². The molecular formula is C43H87N3O5S. The van der Waals surface area contributed by atoms with Gasteiger partial charge in [0.25, 0.3) is 0 Å². The van der Waals surface area contributed by atoms with Crippen LogP contribution >= 0.6 is 0 Å². The van der Waals surface area contributed by atoms with E-state index in [4.69, 9.17) is 0 Å². The van der Waals surface area contributed by atoms with E-state index in [1.165, 1.54) is 198 Å². The summed E-state index contributed by atoms with van der Waals surface area (Å²) in [6.45, 7) is 8.88. The number of nitrogens with zero attached hydrogens (tertiary/aromatic N) is 2. The maximum Gasteiger partial charge on any atom is 0.248 e. The molecule has 0 radical (unpaired) electrons. The first-order valence-electron chi connectivity index (χ1n) is 22.3. The molecule has 0 aromatic heterocycles. The molecule has 0 fully saturated rings. The van der Waals surface area contributed by atoms with Crippen molar-refractivity contribution < 1.29 is 26.5 Å². The summed E-state index contributed by atoms with van der Waals surface area (Å²) in [4.78, 5) is 15.1. The molecule has 1 aliphatic heterocycles. The zero-order valence-corrected chi connectivity index (χ0v) is 36.0. The molecule has 1 unspecified atom stereocenters. The Hall–Kier alpha value is -1.19. The zero-order valence-electron chi connectivity index (χ0n) is 35.2. The van der Waals surface area contributed by atoms with Gasteiger partial charge in [-0.1, -0.05) is 200 Å². The van der Waals surface area contributed by atoms with E-state index in [0.29, 0.717) is 6.42 Å². The minimum atomic E-state index is -4.41. The van der Waals surface area contributed by atoms with Crippen LogP contribution < -0.4 is 5.32 Å². The Bertz CT molecular complexity index is 943. The van der Waals surface area contributed by atoms with Gasteiger partial charge >= 0.3 is 0 Å². The first kappa shape index (κ1) is 50.8. The van der Waals surface area contributed by atoms with Crippen molar-refractivity contribution in [2.45, 2.75) is 239 Å². The minimum Gasteiger partial charge on any atom is -0.726 e. The van der Waals surface area contributed by atoms with E-state index in [0.717, 1.165) is 33.0 Å². The molecule has 1 heterocycles. The molecule has 0 bridgehead atoms. The highest BCUT2D eigenvalue weighted by molar-refractivity contribution is 7.80. The average Bonchev–Trinajstić information content (AvgIpc) is 3.49. The quantitative estimate of drug-likeness (QED) is 0.0295. The Kier molecular flexibility index (Phi) is 35.9. The number of amidine groups is 1. The maximum atomic E-state index is 12.7. The zero-order chi connectivity index (χ0) is 38.5. The predicted molar refractivity (Wildman–Crippen MR) is 221 cm³/mol. The van der Waals surface area contributed by atoms with E-state index in [2.05, 4.69) is 46.8 Å². The maximum absolute atomic E-state index is 12.7. The second-order valence-electron chi connectivity index (χ2n) is 15.6. The summed E-state index contributed by atoms with van der Waals surface area (Å²) < 4.78 is 33.4. The number of hydrogen-bond donors (Lipinski definition) is 1. The van der Waals surface area contributed by atoms with E-state index >= 15 is 0 Å². The van der Waals surface area contributed by atoms with Crippen LogP contribution in [0.25, 0.3) is 0 Å². The predicted octanol–water partition coefficient (Wildman–Crippen LogP) is 11.8. The lowest BCUT2D eigenvalue weighted by atomic mass is 10.0. The number of carbonyl (C=O) groups is 1. The number of nitrogens with one attached hydrogen (secondary N) is 1. The molecule has 1 atom stereocenters. The molecule has 0 aliphatic carbocycles. The minimum absolute atomic E-state index is 0.102. The second kappa shape index (κ2) is 36.8. The van der Waals surface area contributed by atoms with Crippen LogP contribution in [-0.4, -0.2) is 67.6 Å². The van der Waals surface area contributed by atoms with Gasteiger partial charge < -0.3 is 9.87 Å². The molecule has 8 nitrogen and oxygen atoms in total. The van der Waals surface area contributed by atoms with E-state index in [1.807, 2.05) is 0 Å². The molecule has 0 aromatic carbocycles. The molecule has 1 amide bonds. The molecule has 310 valence electrons. The molecule has 1 rings (SSSR count). The average molecular weight is 758 g/mol. The molecule has 0 saturated carbocycles. The van der Waals surface area contributed by atoms with Crippen LogP contribution in [-0.2, 0) is 19.4 Å². The highest BCUT2D eigenvalue weighted by Gasteiger charge is 2.32. The number of unbranched alkanes of at least 4 members (excludes halogenated alkanes) is 29. The highest BCUT2D eigenvalue weighted by Crippen LogP contribution is 2.17. The second-order valence-corrected chi connectivity index (χ2v) is 16.8. The van der Waals surface area contributed by atoms with Gasteiger partial charge in [0.1, 0.15) is 13.1 Å². The molecule has 0 saturated heterocycles. The summed E-state index contributed by atoms with van der Waals surface area (Å²) in [6, 6.07) is 0. The largest absolute Gasteiger partial charge is 0.726 e. The van der Waals surface area contributed by atoms with Crippen molar-refractivity contribution in [1.82, 2.24) is 10.2 Å². The Morgan fingerprint density at radius 1 is 0.654 bits per heavy atom. The molecule has 9 heteroatoms. The van der Waals surface area contributed by atoms with E-state index < -0.39 is 10.4 Å². The van der Waals surface area contributed by atoms with Crippen molar-refractivity contribution >= 4 is 22.1 Å². The lowest BCUT2D eigenvalue weighted by Crippen LogP contribution is -2.48. The van der Waals surface area contributed by atoms with Gasteiger partial charge in [0.2, 0.25) is 22.1 Å². The van der Waals surface area contributed by atoms with E-state index in [1.54, 1.807) is 0 Å². The fourth-order valence-corrected chi connectivity index (χ4v) is 7.36.